The largest absolute Gasteiger partial charge is 0.317 e. The topological polar surface area (TPSA) is 12.0 Å². The molecule has 0 spiro atoms. The number of hydrogen-bond donors (Lipinski definition) is 1. The van der Waals surface area contributed by atoms with Gasteiger partial charge in [0.2, 0.25) is 0 Å². The Morgan fingerprint density at radius 1 is 0.611 bits per heavy atom. The Balaban J connectivity index is 0.00000162. The molecule has 0 aliphatic heterocycles. The summed E-state index contributed by atoms with van der Waals surface area (Å²) in [5.74, 6) is 2.09. The average molecular weight is 274 g/mol. The minimum absolute atomic E-state index is 0. The fourth-order valence-corrected chi connectivity index (χ4v) is 3.69. The highest BCUT2D eigenvalue weighted by atomic mass is 35.5. The first-order valence-electron chi connectivity index (χ1n) is 8.16. The molecule has 0 aromatic heterocycles. The molecule has 1 N–H and O–H groups in total. The van der Waals surface area contributed by atoms with E-state index in [4.69, 9.17) is 0 Å². The Morgan fingerprint density at radius 2 is 1.00 bits per heavy atom. The van der Waals surface area contributed by atoms with Crippen LogP contribution in [-0.2, 0) is 0 Å². The lowest BCUT2D eigenvalue weighted by atomic mass is 9.86. The molecule has 2 aliphatic rings. The van der Waals surface area contributed by atoms with E-state index in [0.717, 1.165) is 11.8 Å². The Morgan fingerprint density at radius 3 is 1.39 bits per heavy atom. The van der Waals surface area contributed by atoms with Crippen LogP contribution in [0.25, 0.3) is 0 Å². The van der Waals surface area contributed by atoms with Crippen molar-refractivity contribution in [3.05, 3.63) is 0 Å². The Bertz CT molecular complexity index is 164. The summed E-state index contributed by atoms with van der Waals surface area (Å²) >= 11 is 0. The van der Waals surface area contributed by atoms with E-state index in [1.165, 1.54) is 90.1 Å². The first-order chi connectivity index (χ1) is 8.45. The quantitative estimate of drug-likeness (QED) is 0.676. The second-order valence-corrected chi connectivity index (χ2v) is 6.34. The molecule has 0 radical (unpaired) electrons. The first kappa shape index (κ1) is 16.3. The summed E-state index contributed by atoms with van der Waals surface area (Å²) in [6, 6.07) is 0. The van der Waals surface area contributed by atoms with E-state index in [1.807, 2.05) is 0 Å². The van der Waals surface area contributed by atoms with Crippen LogP contribution in [-0.4, -0.2) is 13.1 Å². The molecule has 0 amide bonds. The van der Waals surface area contributed by atoms with Gasteiger partial charge < -0.3 is 5.32 Å². The standard InChI is InChI=1S/C16H31N.ClH/c1-3-7-15(8-4-1)11-13-17-14-12-16-9-5-2-6-10-16;/h15-17H,1-14H2;1H. The lowest BCUT2D eigenvalue weighted by molar-refractivity contribution is 0.317. The highest BCUT2D eigenvalue weighted by molar-refractivity contribution is 5.85. The van der Waals surface area contributed by atoms with E-state index < -0.39 is 0 Å². The van der Waals surface area contributed by atoms with E-state index in [-0.39, 0.29) is 12.4 Å². The third-order valence-corrected chi connectivity index (χ3v) is 4.91. The maximum Gasteiger partial charge on any atom is -0.00463 e. The second-order valence-electron chi connectivity index (χ2n) is 6.34. The van der Waals surface area contributed by atoms with Gasteiger partial charge in [-0.25, -0.2) is 0 Å². The third-order valence-electron chi connectivity index (χ3n) is 4.91. The Labute approximate surface area is 120 Å². The lowest BCUT2D eigenvalue weighted by Gasteiger charge is -2.23. The molecule has 1 nitrogen and oxygen atoms in total. The van der Waals surface area contributed by atoms with Crippen LogP contribution in [0.1, 0.15) is 77.0 Å². The van der Waals surface area contributed by atoms with E-state index in [1.54, 1.807) is 0 Å². The first-order valence-corrected chi connectivity index (χ1v) is 8.16. The van der Waals surface area contributed by atoms with Gasteiger partial charge in [0.25, 0.3) is 0 Å². The lowest BCUT2D eigenvalue weighted by Crippen LogP contribution is -2.22. The van der Waals surface area contributed by atoms with Gasteiger partial charge in [0.1, 0.15) is 0 Å². The molecule has 2 aliphatic carbocycles. The Hall–Kier alpha value is 0.250. The molecular formula is C16H32ClN. The van der Waals surface area contributed by atoms with Gasteiger partial charge in [0.15, 0.2) is 0 Å². The fourth-order valence-electron chi connectivity index (χ4n) is 3.69. The predicted octanol–water partition coefficient (Wildman–Crippen LogP) is 4.94. The van der Waals surface area contributed by atoms with Gasteiger partial charge in [-0.05, 0) is 37.8 Å². The van der Waals surface area contributed by atoms with Gasteiger partial charge in [0.05, 0.1) is 0 Å². The van der Waals surface area contributed by atoms with Crippen LogP contribution < -0.4 is 5.32 Å². The molecule has 0 saturated heterocycles. The van der Waals surface area contributed by atoms with Crippen molar-refractivity contribution in [1.29, 1.82) is 0 Å². The zero-order valence-electron chi connectivity index (χ0n) is 12.0. The summed E-state index contributed by atoms with van der Waals surface area (Å²) in [4.78, 5) is 0. The molecule has 2 rings (SSSR count). The monoisotopic (exact) mass is 273 g/mol. The number of nitrogens with one attached hydrogen (secondary N) is 1. The molecule has 0 atom stereocenters. The van der Waals surface area contributed by atoms with Crippen molar-refractivity contribution in [2.45, 2.75) is 77.0 Å². The summed E-state index contributed by atoms with van der Waals surface area (Å²) in [6.07, 6.45) is 17.8. The molecule has 2 heteroatoms. The average Bonchev–Trinajstić information content (AvgIpc) is 2.41. The highest BCUT2D eigenvalue weighted by Gasteiger charge is 2.14. The highest BCUT2D eigenvalue weighted by Crippen LogP contribution is 2.26. The SMILES string of the molecule is C1CCC(CCNCCC2CCCCC2)CC1.Cl. The van der Waals surface area contributed by atoms with Gasteiger partial charge in [-0.1, -0.05) is 64.2 Å². The molecule has 108 valence electrons. The molecule has 0 aromatic carbocycles. The number of rotatable bonds is 6. The van der Waals surface area contributed by atoms with Crippen LogP contribution in [0, 0.1) is 11.8 Å². The van der Waals surface area contributed by atoms with Crippen LogP contribution in [0.4, 0.5) is 0 Å². The summed E-state index contributed by atoms with van der Waals surface area (Å²) in [6.45, 7) is 2.55. The van der Waals surface area contributed by atoms with E-state index in [2.05, 4.69) is 5.32 Å². The Kier molecular flexibility index (Phi) is 9.14. The summed E-state index contributed by atoms with van der Waals surface area (Å²) in [7, 11) is 0. The second kappa shape index (κ2) is 10.1. The van der Waals surface area contributed by atoms with E-state index in [9.17, 15) is 0 Å². The molecule has 0 aromatic rings. The maximum absolute atomic E-state index is 3.68. The van der Waals surface area contributed by atoms with Crippen LogP contribution in [0.2, 0.25) is 0 Å². The van der Waals surface area contributed by atoms with Gasteiger partial charge in [-0.2, -0.15) is 0 Å². The zero-order chi connectivity index (χ0) is 11.8. The molecule has 0 unspecified atom stereocenters. The van der Waals surface area contributed by atoms with Crippen molar-refractivity contribution in [3.63, 3.8) is 0 Å². The number of halogens is 1. The molecule has 0 bridgehead atoms. The fraction of sp³-hybridized carbons (Fsp3) is 1.00. The van der Waals surface area contributed by atoms with Gasteiger partial charge >= 0.3 is 0 Å². The summed E-state index contributed by atoms with van der Waals surface area (Å²) < 4.78 is 0. The van der Waals surface area contributed by atoms with Gasteiger partial charge in [-0.15, -0.1) is 12.4 Å². The summed E-state index contributed by atoms with van der Waals surface area (Å²) in [5, 5.41) is 3.68. The molecule has 0 heterocycles. The van der Waals surface area contributed by atoms with Crippen molar-refractivity contribution in [2.75, 3.05) is 13.1 Å². The van der Waals surface area contributed by atoms with Crippen molar-refractivity contribution in [2.24, 2.45) is 11.8 Å². The van der Waals surface area contributed by atoms with E-state index in [0.29, 0.717) is 0 Å². The van der Waals surface area contributed by atoms with Crippen molar-refractivity contribution in [1.82, 2.24) is 5.32 Å². The zero-order valence-corrected chi connectivity index (χ0v) is 12.8. The molecular weight excluding hydrogens is 242 g/mol. The molecule has 18 heavy (non-hydrogen) atoms. The minimum atomic E-state index is 0. The third kappa shape index (κ3) is 6.43. The van der Waals surface area contributed by atoms with Crippen molar-refractivity contribution >= 4 is 12.4 Å². The van der Waals surface area contributed by atoms with Crippen LogP contribution in [0.3, 0.4) is 0 Å². The normalized spacial score (nSPS) is 22.7. The van der Waals surface area contributed by atoms with Crippen molar-refractivity contribution < 1.29 is 0 Å². The smallest absolute Gasteiger partial charge is 0.00463 e. The minimum Gasteiger partial charge on any atom is -0.317 e. The van der Waals surface area contributed by atoms with Crippen molar-refractivity contribution in [3.8, 4) is 0 Å². The molecule has 2 fully saturated rings. The van der Waals surface area contributed by atoms with Gasteiger partial charge in [0, 0.05) is 0 Å². The van der Waals surface area contributed by atoms with Crippen LogP contribution >= 0.6 is 12.4 Å². The van der Waals surface area contributed by atoms with Crippen LogP contribution in [0.5, 0.6) is 0 Å². The maximum atomic E-state index is 3.68. The van der Waals surface area contributed by atoms with Crippen LogP contribution in [0.15, 0.2) is 0 Å². The predicted molar refractivity (Wildman–Crippen MR) is 82.5 cm³/mol. The van der Waals surface area contributed by atoms with Gasteiger partial charge in [-0.3, -0.25) is 0 Å². The van der Waals surface area contributed by atoms with E-state index >= 15 is 0 Å². The summed E-state index contributed by atoms with van der Waals surface area (Å²) in [5.41, 5.74) is 0. The number of hydrogen-bond acceptors (Lipinski definition) is 1. The molecule has 2 saturated carbocycles.